The van der Waals surface area contributed by atoms with Crippen molar-refractivity contribution in [2.24, 2.45) is 0 Å². The molecule has 1 atom stereocenters. The minimum atomic E-state index is -0.457. The number of methoxy groups -OCH3 is 1. The van der Waals surface area contributed by atoms with E-state index >= 15 is 0 Å². The molecule has 0 saturated carbocycles. The zero-order valence-electron chi connectivity index (χ0n) is 10.9. The summed E-state index contributed by atoms with van der Waals surface area (Å²) in [5.74, 6) is 0.634. The Bertz CT molecular complexity index is 429. The Morgan fingerprint density at radius 3 is 3.00 bits per heavy atom. The lowest BCUT2D eigenvalue weighted by atomic mass is 9.99. The highest BCUT2D eigenvalue weighted by Gasteiger charge is 2.33. The second-order valence-electron chi connectivity index (χ2n) is 4.76. The molecule has 1 aromatic heterocycles. The number of nitro groups is 1. The zero-order valence-corrected chi connectivity index (χ0v) is 10.9. The number of nitrogens with zero attached hydrogens (tertiary/aromatic N) is 2. The normalized spacial score (nSPS) is 22.4. The number of hydrogen-bond acceptors (Lipinski definition) is 6. The number of aromatic nitrogens is 1. The van der Waals surface area contributed by atoms with Crippen molar-refractivity contribution >= 4 is 11.5 Å². The molecule has 7 heteroatoms. The molecule has 0 radical (unpaired) electrons. The van der Waals surface area contributed by atoms with Crippen molar-refractivity contribution in [3.05, 3.63) is 28.4 Å². The van der Waals surface area contributed by atoms with Crippen molar-refractivity contribution in [2.75, 3.05) is 32.1 Å². The first-order valence-electron chi connectivity index (χ1n) is 6.23. The molecular weight excluding hydrogens is 248 g/mol. The van der Waals surface area contributed by atoms with Crippen LogP contribution in [-0.4, -0.2) is 42.3 Å². The third kappa shape index (κ3) is 3.39. The number of anilines is 1. The van der Waals surface area contributed by atoms with Crippen molar-refractivity contribution in [1.82, 2.24) is 10.3 Å². The molecule has 0 spiro atoms. The molecule has 0 amide bonds. The van der Waals surface area contributed by atoms with Crippen LogP contribution in [0.15, 0.2) is 18.3 Å². The second kappa shape index (κ2) is 5.94. The van der Waals surface area contributed by atoms with E-state index in [4.69, 9.17) is 4.74 Å². The Labute approximate surface area is 111 Å². The van der Waals surface area contributed by atoms with Crippen LogP contribution < -0.4 is 10.6 Å². The minimum absolute atomic E-state index is 0.00357. The van der Waals surface area contributed by atoms with E-state index in [0.29, 0.717) is 19.0 Å². The van der Waals surface area contributed by atoms with Crippen LogP contribution in [0.2, 0.25) is 0 Å². The largest absolute Gasteiger partial charge is 0.383 e. The zero-order chi connectivity index (χ0) is 13.7. The average Bonchev–Trinajstić information content (AvgIpc) is 2.86. The number of hydrogen-bond donors (Lipinski definition) is 2. The molecule has 0 aromatic carbocycles. The summed E-state index contributed by atoms with van der Waals surface area (Å²) < 4.78 is 5.26. The van der Waals surface area contributed by atoms with E-state index in [1.54, 1.807) is 13.2 Å². The molecule has 1 saturated heterocycles. The molecule has 1 aliphatic rings. The molecular formula is C12H18N4O3. The van der Waals surface area contributed by atoms with Gasteiger partial charge in [0.2, 0.25) is 0 Å². The average molecular weight is 266 g/mol. The molecule has 1 unspecified atom stereocenters. The summed E-state index contributed by atoms with van der Waals surface area (Å²) in [6.07, 6.45) is 3.42. The summed E-state index contributed by atoms with van der Waals surface area (Å²) in [6.45, 7) is 2.30. The summed E-state index contributed by atoms with van der Waals surface area (Å²) in [6, 6.07) is 3.06. The quantitative estimate of drug-likeness (QED) is 0.593. The molecule has 104 valence electrons. The Morgan fingerprint density at radius 2 is 2.47 bits per heavy atom. The summed E-state index contributed by atoms with van der Waals surface area (Å²) in [5, 5.41) is 17.2. The van der Waals surface area contributed by atoms with Gasteiger partial charge in [-0.25, -0.2) is 4.98 Å². The molecule has 2 heterocycles. The first-order chi connectivity index (χ1) is 9.15. The fourth-order valence-electron chi connectivity index (χ4n) is 2.33. The van der Waals surface area contributed by atoms with Crippen molar-refractivity contribution < 1.29 is 9.66 Å². The number of ether oxygens (including phenoxy) is 1. The van der Waals surface area contributed by atoms with Gasteiger partial charge in [-0.15, -0.1) is 0 Å². The number of pyridine rings is 1. The van der Waals surface area contributed by atoms with Crippen LogP contribution in [0.5, 0.6) is 0 Å². The van der Waals surface area contributed by atoms with Gasteiger partial charge in [0, 0.05) is 19.7 Å². The first kappa shape index (κ1) is 13.7. The van der Waals surface area contributed by atoms with Gasteiger partial charge in [-0.3, -0.25) is 10.1 Å². The Morgan fingerprint density at radius 1 is 1.63 bits per heavy atom. The predicted octanol–water partition coefficient (Wildman–Crippen LogP) is 1.17. The lowest BCUT2D eigenvalue weighted by Gasteiger charge is -2.29. The van der Waals surface area contributed by atoms with Crippen molar-refractivity contribution in [3.8, 4) is 0 Å². The highest BCUT2D eigenvalue weighted by molar-refractivity contribution is 5.40. The van der Waals surface area contributed by atoms with E-state index in [2.05, 4.69) is 15.6 Å². The van der Waals surface area contributed by atoms with E-state index in [9.17, 15) is 10.1 Å². The van der Waals surface area contributed by atoms with Gasteiger partial charge in [0.25, 0.3) is 5.69 Å². The maximum Gasteiger partial charge on any atom is 0.287 e. The topological polar surface area (TPSA) is 89.3 Å². The molecule has 0 aliphatic carbocycles. The van der Waals surface area contributed by atoms with Crippen LogP contribution in [0, 0.1) is 10.1 Å². The summed E-state index contributed by atoms with van der Waals surface area (Å²) in [5.41, 5.74) is -0.0748. The fourth-order valence-corrected chi connectivity index (χ4v) is 2.33. The van der Waals surface area contributed by atoms with Crippen LogP contribution in [0.3, 0.4) is 0 Å². The van der Waals surface area contributed by atoms with Gasteiger partial charge in [-0.1, -0.05) is 0 Å². The van der Waals surface area contributed by atoms with Crippen LogP contribution in [0.1, 0.15) is 12.8 Å². The van der Waals surface area contributed by atoms with Gasteiger partial charge in [-0.2, -0.15) is 0 Å². The van der Waals surface area contributed by atoms with Gasteiger partial charge in [0.1, 0.15) is 12.0 Å². The lowest BCUT2D eigenvalue weighted by molar-refractivity contribution is -0.385. The Kier molecular flexibility index (Phi) is 4.28. The highest BCUT2D eigenvalue weighted by atomic mass is 16.6. The summed E-state index contributed by atoms with van der Waals surface area (Å²) >= 11 is 0. The van der Waals surface area contributed by atoms with E-state index in [0.717, 1.165) is 19.4 Å². The van der Waals surface area contributed by atoms with Crippen molar-refractivity contribution in [1.29, 1.82) is 0 Å². The molecule has 2 N–H and O–H groups in total. The third-order valence-corrected chi connectivity index (χ3v) is 3.32. The molecule has 2 rings (SSSR count). The fraction of sp³-hybridized carbons (Fsp3) is 0.583. The summed E-state index contributed by atoms with van der Waals surface area (Å²) in [4.78, 5) is 14.1. The van der Waals surface area contributed by atoms with Gasteiger partial charge in [0.15, 0.2) is 0 Å². The number of rotatable bonds is 6. The molecule has 1 fully saturated rings. The van der Waals surface area contributed by atoms with Crippen molar-refractivity contribution in [3.63, 3.8) is 0 Å². The summed E-state index contributed by atoms with van der Waals surface area (Å²) in [7, 11) is 1.69. The smallest absolute Gasteiger partial charge is 0.287 e. The van der Waals surface area contributed by atoms with Crippen LogP contribution in [0.4, 0.5) is 11.5 Å². The van der Waals surface area contributed by atoms with Crippen LogP contribution in [0.25, 0.3) is 0 Å². The first-order valence-corrected chi connectivity index (χ1v) is 6.23. The highest BCUT2D eigenvalue weighted by Crippen LogP contribution is 2.20. The second-order valence-corrected chi connectivity index (χ2v) is 4.76. The molecule has 7 nitrogen and oxygen atoms in total. The van der Waals surface area contributed by atoms with E-state index < -0.39 is 4.92 Å². The third-order valence-electron chi connectivity index (χ3n) is 3.32. The predicted molar refractivity (Wildman–Crippen MR) is 71.2 cm³/mol. The van der Waals surface area contributed by atoms with E-state index in [1.165, 1.54) is 12.3 Å². The van der Waals surface area contributed by atoms with Crippen LogP contribution in [-0.2, 0) is 4.74 Å². The molecule has 19 heavy (non-hydrogen) atoms. The lowest BCUT2D eigenvalue weighted by Crippen LogP contribution is -2.49. The Hall–Kier alpha value is -1.73. The number of nitrogens with one attached hydrogen (secondary N) is 2. The van der Waals surface area contributed by atoms with Crippen molar-refractivity contribution in [2.45, 2.75) is 18.4 Å². The van der Waals surface area contributed by atoms with Gasteiger partial charge in [-0.05, 0) is 25.5 Å². The maximum absolute atomic E-state index is 10.5. The standard InChI is InChI=1S/C12H18N4O3/c1-19-9-12(5-2-6-15-12)8-14-11-4-3-10(7-13-11)16(17)18/h3-4,7,15H,2,5-6,8-9H2,1H3,(H,13,14). The van der Waals surface area contributed by atoms with E-state index in [1.807, 2.05) is 0 Å². The maximum atomic E-state index is 10.5. The van der Waals surface area contributed by atoms with E-state index in [-0.39, 0.29) is 11.2 Å². The van der Waals surface area contributed by atoms with Gasteiger partial charge in [0.05, 0.1) is 17.1 Å². The minimum Gasteiger partial charge on any atom is -0.383 e. The monoisotopic (exact) mass is 266 g/mol. The van der Waals surface area contributed by atoms with Gasteiger partial charge < -0.3 is 15.4 Å². The Balaban J connectivity index is 1.95. The molecule has 1 aromatic rings. The van der Waals surface area contributed by atoms with Crippen LogP contribution >= 0.6 is 0 Å². The SMILES string of the molecule is COCC1(CNc2ccc([N+](=O)[O-])cn2)CCCN1. The van der Waals surface area contributed by atoms with Gasteiger partial charge >= 0.3 is 0 Å². The molecule has 1 aliphatic heterocycles. The molecule has 0 bridgehead atoms.